The fourth-order valence-electron chi connectivity index (χ4n) is 3.72. The minimum atomic E-state index is 0.198. The Bertz CT molecular complexity index is 526. The molecule has 3 heteroatoms. The third-order valence-electron chi connectivity index (χ3n) is 5.06. The smallest absolute Gasteiger partial charge is 0.223 e. The normalized spacial score (nSPS) is 25.2. The van der Waals surface area contributed by atoms with Gasteiger partial charge in [0.1, 0.15) is 0 Å². The molecule has 1 aliphatic carbocycles. The van der Waals surface area contributed by atoms with Crippen LogP contribution in [0.15, 0.2) is 42.5 Å². The van der Waals surface area contributed by atoms with Gasteiger partial charge < -0.3 is 5.32 Å². The van der Waals surface area contributed by atoms with Gasteiger partial charge in [0, 0.05) is 25.6 Å². The SMILES string of the molecule is O=C(NC[C@H]1CCCN(Cc2ccccc2)C1)[C@H]1CC=CCC1. The van der Waals surface area contributed by atoms with Gasteiger partial charge in [-0.05, 0) is 50.1 Å². The largest absolute Gasteiger partial charge is 0.356 e. The van der Waals surface area contributed by atoms with Crippen LogP contribution in [-0.2, 0) is 11.3 Å². The number of allylic oxidation sites excluding steroid dienone is 2. The first kappa shape index (κ1) is 16.3. The average molecular weight is 312 g/mol. The van der Waals surface area contributed by atoms with Crippen LogP contribution in [0.5, 0.6) is 0 Å². The van der Waals surface area contributed by atoms with Crippen molar-refractivity contribution < 1.29 is 4.79 Å². The van der Waals surface area contributed by atoms with Crippen LogP contribution in [0, 0.1) is 11.8 Å². The molecule has 3 nitrogen and oxygen atoms in total. The van der Waals surface area contributed by atoms with Crippen molar-refractivity contribution in [1.82, 2.24) is 10.2 Å². The summed E-state index contributed by atoms with van der Waals surface area (Å²) in [4.78, 5) is 14.8. The Labute approximate surface area is 139 Å². The summed E-state index contributed by atoms with van der Waals surface area (Å²) in [6.45, 7) is 4.13. The standard InChI is InChI=1S/C20H28N2O/c23-20(19-11-5-2-6-12-19)21-14-18-10-7-13-22(16-18)15-17-8-3-1-4-9-17/h1-5,8-9,18-19H,6-7,10-16H2,(H,21,23)/t18-,19+/m1/s1. The van der Waals surface area contributed by atoms with Gasteiger partial charge in [0.05, 0.1) is 0 Å². The summed E-state index contributed by atoms with van der Waals surface area (Å²) < 4.78 is 0. The molecule has 1 heterocycles. The molecule has 0 saturated carbocycles. The van der Waals surface area contributed by atoms with Crippen molar-refractivity contribution in [2.45, 2.75) is 38.6 Å². The van der Waals surface area contributed by atoms with E-state index in [0.717, 1.165) is 38.9 Å². The van der Waals surface area contributed by atoms with E-state index >= 15 is 0 Å². The van der Waals surface area contributed by atoms with Gasteiger partial charge in [-0.15, -0.1) is 0 Å². The second kappa shape index (κ2) is 8.30. The molecule has 3 rings (SSSR count). The number of likely N-dealkylation sites (tertiary alicyclic amines) is 1. The zero-order chi connectivity index (χ0) is 15.9. The van der Waals surface area contributed by atoms with Gasteiger partial charge in [-0.1, -0.05) is 42.5 Å². The lowest BCUT2D eigenvalue weighted by molar-refractivity contribution is -0.125. The van der Waals surface area contributed by atoms with Gasteiger partial charge in [0.25, 0.3) is 0 Å². The molecule has 2 atom stereocenters. The molecule has 1 aromatic rings. The van der Waals surface area contributed by atoms with E-state index in [2.05, 4.69) is 52.7 Å². The van der Waals surface area contributed by atoms with E-state index in [4.69, 9.17) is 0 Å². The Balaban J connectivity index is 1.43. The first-order valence-corrected chi connectivity index (χ1v) is 9.00. The Morgan fingerprint density at radius 3 is 2.83 bits per heavy atom. The fraction of sp³-hybridized carbons (Fsp3) is 0.550. The summed E-state index contributed by atoms with van der Waals surface area (Å²) in [7, 11) is 0. The predicted octanol–water partition coefficient (Wildman–Crippen LogP) is 3.37. The van der Waals surface area contributed by atoms with E-state index in [1.165, 1.54) is 24.9 Å². The van der Waals surface area contributed by atoms with Gasteiger partial charge in [0.15, 0.2) is 0 Å². The number of nitrogens with one attached hydrogen (secondary N) is 1. The molecule has 1 fully saturated rings. The summed E-state index contributed by atoms with van der Waals surface area (Å²) in [5.74, 6) is 1.05. The maximum Gasteiger partial charge on any atom is 0.223 e. The number of carbonyl (C=O) groups is 1. The number of rotatable bonds is 5. The number of nitrogens with zero attached hydrogens (tertiary/aromatic N) is 1. The Morgan fingerprint density at radius 2 is 2.04 bits per heavy atom. The molecule has 124 valence electrons. The molecule has 1 aliphatic heterocycles. The minimum absolute atomic E-state index is 0.198. The van der Waals surface area contributed by atoms with Gasteiger partial charge in [0.2, 0.25) is 5.91 Å². The Kier molecular flexibility index (Phi) is 5.87. The predicted molar refractivity (Wildman–Crippen MR) is 93.9 cm³/mol. The van der Waals surface area contributed by atoms with Crippen LogP contribution >= 0.6 is 0 Å². The lowest BCUT2D eigenvalue weighted by Crippen LogP contribution is -2.42. The van der Waals surface area contributed by atoms with Crippen LogP contribution in [-0.4, -0.2) is 30.4 Å². The lowest BCUT2D eigenvalue weighted by atomic mass is 9.93. The molecule has 1 saturated heterocycles. The molecule has 1 amide bonds. The zero-order valence-electron chi connectivity index (χ0n) is 13.9. The van der Waals surface area contributed by atoms with Crippen molar-refractivity contribution in [2.75, 3.05) is 19.6 Å². The van der Waals surface area contributed by atoms with E-state index in [1.807, 2.05) is 0 Å². The molecule has 0 radical (unpaired) electrons. The van der Waals surface area contributed by atoms with Crippen molar-refractivity contribution in [2.24, 2.45) is 11.8 Å². The number of piperidine rings is 1. The average Bonchev–Trinajstić information content (AvgIpc) is 2.62. The number of amides is 1. The second-order valence-electron chi connectivity index (χ2n) is 6.96. The number of hydrogen-bond acceptors (Lipinski definition) is 2. The molecule has 0 unspecified atom stereocenters. The maximum atomic E-state index is 12.3. The monoisotopic (exact) mass is 312 g/mol. The van der Waals surface area contributed by atoms with Crippen LogP contribution < -0.4 is 5.32 Å². The number of benzene rings is 1. The molecule has 1 N–H and O–H groups in total. The lowest BCUT2D eigenvalue weighted by Gasteiger charge is -2.33. The van der Waals surface area contributed by atoms with Crippen molar-refractivity contribution >= 4 is 5.91 Å². The summed E-state index contributed by atoms with van der Waals surface area (Å²) in [6.07, 6.45) is 9.77. The van der Waals surface area contributed by atoms with E-state index in [1.54, 1.807) is 0 Å². The molecule has 2 aliphatic rings. The van der Waals surface area contributed by atoms with Crippen LogP contribution in [0.3, 0.4) is 0 Å². The van der Waals surface area contributed by atoms with Gasteiger partial charge in [-0.3, -0.25) is 9.69 Å². The highest BCUT2D eigenvalue weighted by atomic mass is 16.1. The van der Waals surface area contributed by atoms with Crippen molar-refractivity contribution in [3.63, 3.8) is 0 Å². The molecule has 0 aromatic heterocycles. The van der Waals surface area contributed by atoms with Crippen molar-refractivity contribution in [3.05, 3.63) is 48.0 Å². The molecule has 23 heavy (non-hydrogen) atoms. The van der Waals surface area contributed by atoms with Crippen LogP contribution in [0.1, 0.15) is 37.7 Å². The topological polar surface area (TPSA) is 32.3 Å². The molecule has 1 aromatic carbocycles. The van der Waals surface area contributed by atoms with E-state index in [-0.39, 0.29) is 11.8 Å². The second-order valence-corrected chi connectivity index (χ2v) is 6.96. The van der Waals surface area contributed by atoms with Crippen LogP contribution in [0.4, 0.5) is 0 Å². The first-order chi connectivity index (χ1) is 11.3. The zero-order valence-corrected chi connectivity index (χ0v) is 13.9. The summed E-state index contributed by atoms with van der Waals surface area (Å²) >= 11 is 0. The summed E-state index contributed by atoms with van der Waals surface area (Å²) in [5, 5.41) is 3.21. The Hall–Kier alpha value is -1.61. The number of hydrogen-bond donors (Lipinski definition) is 1. The Morgan fingerprint density at radius 1 is 1.17 bits per heavy atom. The highest BCUT2D eigenvalue weighted by Gasteiger charge is 2.23. The van der Waals surface area contributed by atoms with Crippen LogP contribution in [0.2, 0.25) is 0 Å². The van der Waals surface area contributed by atoms with Crippen molar-refractivity contribution in [3.8, 4) is 0 Å². The van der Waals surface area contributed by atoms with E-state index in [9.17, 15) is 4.79 Å². The van der Waals surface area contributed by atoms with E-state index < -0.39 is 0 Å². The quantitative estimate of drug-likeness (QED) is 0.846. The third-order valence-corrected chi connectivity index (χ3v) is 5.06. The summed E-state index contributed by atoms with van der Waals surface area (Å²) in [6, 6.07) is 10.7. The molecule has 0 bridgehead atoms. The molecular formula is C20H28N2O. The van der Waals surface area contributed by atoms with Gasteiger partial charge >= 0.3 is 0 Å². The molecule has 0 spiro atoms. The van der Waals surface area contributed by atoms with Crippen molar-refractivity contribution in [1.29, 1.82) is 0 Å². The fourth-order valence-corrected chi connectivity index (χ4v) is 3.72. The van der Waals surface area contributed by atoms with Crippen LogP contribution in [0.25, 0.3) is 0 Å². The van der Waals surface area contributed by atoms with Gasteiger partial charge in [-0.25, -0.2) is 0 Å². The van der Waals surface area contributed by atoms with Gasteiger partial charge in [-0.2, -0.15) is 0 Å². The highest BCUT2D eigenvalue weighted by Crippen LogP contribution is 2.20. The number of carbonyl (C=O) groups excluding carboxylic acids is 1. The minimum Gasteiger partial charge on any atom is -0.356 e. The first-order valence-electron chi connectivity index (χ1n) is 9.00. The maximum absolute atomic E-state index is 12.3. The molecular weight excluding hydrogens is 284 g/mol. The van der Waals surface area contributed by atoms with E-state index in [0.29, 0.717) is 5.92 Å². The highest BCUT2D eigenvalue weighted by molar-refractivity contribution is 5.78. The third kappa shape index (κ3) is 4.93. The summed E-state index contributed by atoms with van der Waals surface area (Å²) in [5.41, 5.74) is 1.38.